The molecule has 2 bridgehead atoms. The number of carbonyl (C=O) groups excluding carboxylic acids is 2. The summed E-state index contributed by atoms with van der Waals surface area (Å²) in [7, 11) is 3.80. The topological polar surface area (TPSA) is 86.3 Å². The van der Waals surface area contributed by atoms with Crippen molar-refractivity contribution < 1.29 is 28.5 Å². The van der Waals surface area contributed by atoms with Crippen LogP contribution in [0.15, 0.2) is 72.8 Å². The fraction of sp³-hybridized carbons (Fsp3) is 0.459. The molecule has 2 aliphatic rings. The van der Waals surface area contributed by atoms with Crippen molar-refractivity contribution in [2.75, 3.05) is 58.3 Å². The number of benzene rings is 3. The molecule has 4 atom stereocenters. The molecule has 0 aliphatic carbocycles. The Morgan fingerprint density at radius 1 is 0.894 bits per heavy atom. The van der Waals surface area contributed by atoms with E-state index >= 15 is 0 Å². The summed E-state index contributed by atoms with van der Waals surface area (Å²) in [5.41, 5.74) is 4.13. The van der Waals surface area contributed by atoms with E-state index in [1.165, 1.54) is 5.56 Å². The Morgan fingerprint density at radius 3 is 2.36 bits per heavy atom. The van der Waals surface area contributed by atoms with Gasteiger partial charge in [-0.2, -0.15) is 11.8 Å². The highest BCUT2D eigenvalue weighted by Gasteiger charge is 2.49. The van der Waals surface area contributed by atoms with Gasteiger partial charge < -0.3 is 24.3 Å². The van der Waals surface area contributed by atoms with E-state index in [1.54, 1.807) is 18.9 Å². The number of anilines is 1. The number of methoxy groups -OCH3 is 1. The quantitative estimate of drug-likeness (QED) is 0.126. The number of hydrogen-bond acceptors (Lipinski definition) is 8. The molecule has 1 amide bonds. The molecule has 2 saturated heterocycles. The lowest BCUT2D eigenvalue weighted by atomic mass is 9.76. The average molecular weight is 681 g/mol. The highest BCUT2D eigenvalue weighted by molar-refractivity contribution is 7.98. The molecule has 10 heteroatoms. The van der Waals surface area contributed by atoms with Gasteiger partial charge in [-0.05, 0) is 79.4 Å². The van der Waals surface area contributed by atoms with Crippen molar-refractivity contribution in [2.24, 2.45) is 5.92 Å². The number of ether oxygens (including phenoxy) is 4. The summed E-state index contributed by atoms with van der Waals surface area (Å²) < 4.78 is 22.1. The first-order valence-electron chi connectivity index (χ1n) is 16.3. The zero-order valence-corrected chi connectivity index (χ0v) is 28.8. The molecule has 2 aliphatic heterocycles. The standard InChI is InChI=1S/C37H45ClN2O6S/c1-40-31-13-16-34(40)36(33(23-31)28-7-9-29(38)10-8-28)37(42)46-18-17-26-3-11-30(12-4-26)39-35(41)24-45-20-19-44-21-22-47-25-27-5-14-32(43-2)15-6-27/h3-12,14-15,31,33-34,36H,13,16-25H2,1-2H3,(H,39,41). The second-order valence-corrected chi connectivity index (χ2v) is 13.7. The second-order valence-electron chi connectivity index (χ2n) is 12.1. The Labute approximate surface area is 287 Å². The summed E-state index contributed by atoms with van der Waals surface area (Å²) >= 11 is 7.94. The number of fused-ring (bicyclic) bond motifs is 2. The predicted octanol–water partition coefficient (Wildman–Crippen LogP) is 6.61. The molecular formula is C37H45ClN2O6S. The maximum atomic E-state index is 13.5. The van der Waals surface area contributed by atoms with Gasteiger partial charge in [0.2, 0.25) is 5.91 Å². The smallest absolute Gasteiger partial charge is 0.311 e. The van der Waals surface area contributed by atoms with Gasteiger partial charge in [-0.3, -0.25) is 14.5 Å². The molecule has 0 radical (unpaired) electrons. The van der Waals surface area contributed by atoms with Crippen LogP contribution in [0.4, 0.5) is 5.69 Å². The Bertz CT molecular complexity index is 1420. The molecule has 252 valence electrons. The second kappa shape index (κ2) is 17.9. The van der Waals surface area contributed by atoms with Gasteiger partial charge in [0, 0.05) is 46.6 Å². The zero-order valence-electron chi connectivity index (χ0n) is 27.2. The summed E-state index contributed by atoms with van der Waals surface area (Å²) in [5.74, 6) is 2.26. The third-order valence-electron chi connectivity index (χ3n) is 9.12. The van der Waals surface area contributed by atoms with E-state index in [1.807, 2.05) is 60.7 Å². The van der Waals surface area contributed by atoms with Crippen molar-refractivity contribution in [1.29, 1.82) is 0 Å². The van der Waals surface area contributed by atoms with Gasteiger partial charge in [0.05, 0.1) is 39.5 Å². The van der Waals surface area contributed by atoms with E-state index in [0.29, 0.717) is 49.6 Å². The Morgan fingerprint density at radius 2 is 1.62 bits per heavy atom. The molecule has 2 heterocycles. The van der Waals surface area contributed by atoms with E-state index in [-0.39, 0.29) is 36.4 Å². The lowest BCUT2D eigenvalue weighted by molar-refractivity contribution is -0.153. The van der Waals surface area contributed by atoms with Crippen LogP contribution in [0.1, 0.15) is 41.9 Å². The first kappa shape index (κ1) is 35.2. The van der Waals surface area contributed by atoms with E-state index in [2.05, 4.69) is 29.4 Å². The van der Waals surface area contributed by atoms with Crippen molar-refractivity contribution >= 4 is 40.9 Å². The van der Waals surface area contributed by atoms with Crippen LogP contribution >= 0.6 is 23.4 Å². The number of hydrogen-bond donors (Lipinski definition) is 1. The average Bonchev–Trinajstić information content (AvgIpc) is 3.30. The predicted molar refractivity (Wildman–Crippen MR) is 187 cm³/mol. The van der Waals surface area contributed by atoms with Gasteiger partial charge in [0.25, 0.3) is 0 Å². The molecule has 8 nitrogen and oxygen atoms in total. The number of nitrogens with zero attached hydrogens (tertiary/aromatic N) is 1. The van der Waals surface area contributed by atoms with E-state index < -0.39 is 0 Å². The van der Waals surface area contributed by atoms with Gasteiger partial charge in [-0.25, -0.2) is 0 Å². The molecule has 0 saturated carbocycles. The maximum absolute atomic E-state index is 13.5. The minimum Gasteiger partial charge on any atom is -0.497 e. The summed E-state index contributed by atoms with van der Waals surface area (Å²) in [5, 5.41) is 3.56. The van der Waals surface area contributed by atoms with Crippen LogP contribution in [0.3, 0.4) is 0 Å². The summed E-state index contributed by atoms with van der Waals surface area (Å²) in [6, 6.07) is 24.3. The van der Waals surface area contributed by atoms with Crippen molar-refractivity contribution in [3.8, 4) is 5.75 Å². The fourth-order valence-corrected chi connectivity index (χ4v) is 7.51. The number of amides is 1. The third kappa shape index (κ3) is 10.2. The molecule has 3 aromatic carbocycles. The van der Waals surface area contributed by atoms with Gasteiger partial charge >= 0.3 is 5.97 Å². The summed E-state index contributed by atoms with van der Waals surface area (Å²) in [6.07, 6.45) is 3.69. The normalized spacial score (nSPS) is 20.6. The molecule has 2 fully saturated rings. The Hall–Kier alpha value is -3.08. The Balaban J connectivity index is 0.951. The minimum absolute atomic E-state index is 0.0393. The molecule has 47 heavy (non-hydrogen) atoms. The first-order chi connectivity index (χ1) is 22.9. The van der Waals surface area contributed by atoms with Gasteiger partial charge in [-0.1, -0.05) is 48.0 Å². The number of thioether (sulfide) groups is 1. The van der Waals surface area contributed by atoms with Crippen LogP contribution in [0.2, 0.25) is 5.02 Å². The van der Waals surface area contributed by atoms with Crippen molar-refractivity contribution in [3.05, 3.63) is 94.5 Å². The lowest BCUT2D eigenvalue weighted by Gasteiger charge is -2.42. The number of esters is 1. The number of carbonyl (C=O) groups is 2. The van der Waals surface area contributed by atoms with E-state index in [9.17, 15) is 9.59 Å². The molecule has 3 aromatic rings. The van der Waals surface area contributed by atoms with Gasteiger partial charge in [-0.15, -0.1) is 0 Å². The van der Waals surface area contributed by atoms with E-state index in [4.69, 9.17) is 30.5 Å². The number of halogens is 1. The minimum atomic E-state index is -0.219. The largest absolute Gasteiger partial charge is 0.497 e. The molecule has 4 unspecified atom stereocenters. The fourth-order valence-electron chi connectivity index (χ4n) is 6.57. The molecular weight excluding hydrogens is 636 g/mol. The number of nitrogens with one attached hydrogen (secondary N) is 1. The van der Waals surface area contributed by atoms with Gasteiger partial charge in [0.1, 0.15) is 12.4 Å². The van der Waals surface area contributed by atoms with Crippen LogP contribution in [0, 0.1) is 5.92 Å². The van der Waals surface area contributed by atoms with Crippen LogP contribution in [-0.4, -0.2) is 81.8 Å². The van der Waals surface area contributed by atoms with Crippen LogP contribution in [0.5, 0.6) is 5.75 Å². The van der Waals surface area contributed by atoms with Crippen LogP contribution in [0.25, 0.3) is 0 Å². The van der Waals surface area contributed by atoms with Crippen molar-refractivity contribution in [3.63, 3.8) is 0 Å². The molecule has 0 spiro atoms. The summed E-state index contributed by atoms with van der Waals surface area (Å²) in [6.45, 7) is 1.70. The lowest BCUT2D eigenvalue weighted by Crippen LogP contribution is -2.49. The third-order valence-corrected chi connectivity index (χ3v) is 10.4. The number of rotatable bonds is 17. The van der Waals surface area contributed by atoms with Gasteiger partial charge in [0.15, 0.2) is 0 Å². The highest BCUT2D eigenvalue weighted by atomic mass is 35.5. The summed E-state index contributed by atoms with van der Waals surface area (Å²) in [4.78, 5) is 28.1. The monoisotopic (exact) mass is 680 g/mol. The SMILES string of the molecule is COc1ccc(CSCCOCCOCC(=O)Nc2ccc(CCOC(=O)C3C(c4ccc(Cl)cc4)CC4CCC3N4C)cc2)cc1. The zero-order chi connectivity index (χ0) is 33.0. The molecule has 5 rings (SSSR count). The molecule has 1 N–H and O–H groups in total. The first-order valence-corrected chi connectivity index (χ1v) is 17.8. The van der Waals surface area contributed by atoms with Crippen molar-refractivity contribution in [1.82, 2.24) is 4.90 Å². The maximum Gasteiger partial charge on any atom is 0.311 e. The Kier molecular flexibility index (Phi) is 13.4. The highest BCUT2D eigenvalue weighted by Crippen LogP contribution is 2.46. The molecule has 0 aromatic heterocycles. The van der Waals surface area contributed by atoms with Crippen LogP contribution in [-0.2, 0) is 36.0 Å². The number of piperidine rings is 1. The van der Waals surface area contributed by atoms with E-state index in [0.717, 1.165) is 47.6 Å². The van der Waals surface area contributed by atoms with Crippen LogP contribution < -0.4 is 10.1 Å². The van der Waals surface area contributed by atoms with Crippen molar-refractivity contribution in [2.45, 2.75) is 49.4 Å².